The van der Waals surface area contributed by atoms with Crippen molar-refractivity contribution in [1.29, 1.82) is 0 Å². The third kappa shape index (κ3) is 10.0. The Morgan fingerprint density at radius 1 is 1.18 bits per heavy atom. The average molecular weight is 472 g/mol. The summed E-state index contributed by atoms with van der Waals surface area (Å²) in [4.78, 5) is 16.9. The largest absolute Gasteiger partial charge is 0.346 e. The number of benzene rings is 1. The summed E-state index contributed by atoms with van der Waals surface area (Å²) >= 11 is 1.77. The Labute approximate surface area is 204 Å². The molecule has 0 spiro atoms. The molecule has 1 aromatic carbocycles. The Morgan fingerprint density at radius 3 is 2.55 bits per heavy atom. The number of nitrogens with two attached hydrogens (primary N) is 1. The molecule has 0 aromatic heterocycles. The number of hydrogen-bond donors (Lipinski definition) is 2. The second-order valence-electron chi connectivity index (χ2n) is 8.62. The van der Waals surface area contributed by atoms with Crippen LogP contribution in [-0.4, -0.2) is 43.7 Å². The number of allylic oxidation sites excluding steroid dienone is 2. The lowest BCUT2D eigenvalue weighted by molar-refractivity contribution is 0.0959. The monoisotopic (exact) mass is 471 g/mol. The Balaban J connectivity index is 1.62. The van der Waals surface area contributed by atoms with Gasteiger partial charge in [-0.05, 0) is 76.1 Å². The zero-order valence-corrected chi connectivity index (χ0v) is 21.4. The summed E-state index contributed by atoms with van der Waals surface area (Å²) in [6.45, 7) is 5.49. The van der Waals surface area contributed by atoms with Crippen LogP contribution in [0, 0.1) is 0 Å². The zero-order chi connectivity index (χ0) is 23.9. The van der Waals surface area contributed by atoms with Gasteiger partial charge >= 0.3 is 0 Å². The molecule has 1 fully saturated rings. The third-order valence-electron chi connectivity index (χ3n) is 5.97. The van der Waals surface area contributed by atoms with Gasteiger partial charge in [-0.15, -0.1) is 0 Å². The standard InChI is InChI=1S/C26H41N5OS/c1-4-18-33-31(3)25-15-13-23(14-16-25)26(32)29-20-24(30-27)19-28-17-8-6-5-7-10-21(2)22-11-9-12-22/h13-16,19H,4-12,17-18,20,27H2,1-3H3,(H,29,32)/b28-19?,30-24+. The van der Waals surface area contributed by atoms with Crippen LogP contribution < -0.4 is 15.5 Å². The van der Waals surface area contributed by atoms with Crippen LogP contribution in [0.1, 0.15) is 82.0 Å². The summed E-state index contributed by atoms with van der Waals surface area (Å²) in [7, 11) is 2.04. The minimum atomic E-state index is -0.146. The maximum absolute atomic E-state index is 12.4. The van der Waals surface area contributed by atoms with Gasteiger partial charge < -0.3 is 15.5 Å². The Hall–Kier alpha value is -2.28. The summed E-state index contributed by atoms with van der Waals surface area (Å²) in [5, 5.41) is 6.62. The average Bonchev–Trinajstić information content (AvgIpc) is 2.79. The molecule has 1 saturated carbocycles. The zero-order valence-electron chi connectivity index (χ0n) is 20.6. The van der Waals surface area contributed by atoms with Crippen molar-refractivity contribution in [1.82, 2.24) is 5.32 Å². The normalized spacial score (nSPS) is 13.8. The first-order valence-corrected chi connectivity index (χ1v) is 13.2. The van der Waals surface area contributed by atoms with Gasteiger partial charge in [-0.3, -0.25) is 9.79 Å². The predicted octanol–water partition coefficient (Wildman–Crippen LogP) is 5.75. The van der Waals surface area contributed by atoms with E-state index in [2.05, 4.69) is 33.6 Å². The van der Waals surface area contributed by atoms with E-state index in [1.54, 1.807) is 29.3 Å². The topological polar surface area (TPSA) is 83.1 Å². The third-order valence-corrected chi connectivity index (χ3v) is 7.16. The maximum Gasteiger partial charge on any atom is 0.251 e. The van der Waals surface area contributed by atoms with Gasteiger partial charge in [-0.1, -0.05) is 42.9 Å². The van der Waals surface area contributed by atoms with E-state index in [0.717, 1.165) is 30.8 Å². The van der Waals surface area contributed by atoms with E-state index in [1.807, 2.05) is 31.3 Å². The first kappa shape index (κ1) is 27.0. The highest BCUT2D eigenvalue weighted by molar-refractivity contribution is 8.00. The number of hydrogen-bond acceptors (Lipinski definition) is 6. The molecule has 2 rings (SSSR count). The number of nitrogens with zero attached hydrogens (tertiary/aromatic N) is 3. The van der Waals surface area contributed by atoms with Crippen LogP contribution in [0.5, 0.6) is 0 Å². The highest BCUT2D eigenvalue weighted by Gasteiger charge is 2.11. The highest BCUT2D eigenvalue weighted by Crippen LogP contribution is 2.30. The SMILES string of the molecule is CCCSN(C)c1ccc(C(=O)NC/C(C=NCCCCCCC(C)=C2CCC2)=N/N)cc1. The molecule has 1 aliphatic rings. The number of nitrogens with one attached hydrogen (secondary N) is 1. The molecule has 0 radical (unpaired) electrons. The number of aliphatic imine (C=N–C) groups is 1. The van der Waals surface area contributed by atoms with Gasteiger partial charge in [0.05, 0.1) is 12.3 Å². The van der Waals surface area contributed by atoms with Crippen molar-refractivity contribution < 1.29 is 4.79 Å². The van der Waals surface area contributed by atoms with Crippen LogP contribution in [0.2, 0.25) is 0 Å². The molecule has 0 saturated heterocycles. The smallest absolute Gasteiger partial charge is 0.251 e. The summed E-state index contributed by atoms with van der Waals surface area (Å²) in [5.41, 5.74) is 5.58. The van der Waals surface area contributed by atoms with Gasteiger partial charge in [0.2, 0.25) is 0 Å². The number of anilines is 1. The van der Waals surface area contributed by atoms with Gasteiger partial charge in [0.1, 0.15) is 0 Å². The molecule has 0 bridgehead atoms. The van der Waals surface area contributed by atoms with Crippen molar-refractivity contribution >= 4 is 35.5 Å². The molecule has 1 aromatic rings. The molecule has 33 heavy (non-hydrogen) atoms. The molecule has 6 nitrogen and oxygen atoms in total. The summed E-state index contributed by atoms with van der Waals surface area (Å²) < 4.78 is 2.12. The highest BCUT2D eigenvalue weighted by atomic mass is 32.2. The number of unbranched alkanes of at least 4 members (excludes halogenated alkanes) is 3. The van der Waals surface area contributed by atoms with Crippen molar-refractivity contribution in [2.24, 2.45) is 15.9 Å². The Kier molecular flexibility index (Phi) is 12.7. The molecule has 0 heterocycles. The van der Waals surface area contributed by atoms with Crippen molar-refractivity contribution in [2.45, 2.75) is 71.6 Å². The van der Waals surface area contributed by atoms with Gasteiger partial charge in [0.25, 0.3) is 5.91 Å². The first-order valence-electron chi connectivity index (χ1n) is 12.2. The van der Waals surface area contributed by atoms with Crippen molar-refractivity contribution in [3.05, 3.63) is 41.0 Å². The van der Waals surface area contributed by atoms with Crippen LogP contribution in [0.25, 0.3) is 0 Å². The van der Waals surface area contributed by atoms with Crippen LogP contribution in [-0.2, 0) is 0 Å². The van der Waals surface area contributed by atoms with Crippen molar-refractivity contribution in [3.8, 4) is 0 Å². The van der Waals surface area contributed by atoms with E-state index in [4.69, 9.17) is 5.84 Å². The second kappa shape index (κ2) is 15.5. The van der Waals surface area contributed by atoms with E-state index >= 15 is 0 Å². The molecular formula is C26H41N5OS. The molecule has 0 atom stereocenters. The Bertz CT molecular complexity index is 810. The van der Waals surface area contributed by atoms with E-state index in [1.165, 1.54) is 44.9 Å². The minimum Gasteiger partial charge on any atom is -0.346 e. The fourth-order valence-corrected chi connectivity index (χ4v) is 4.32. The summed E-state index contributed by atoms with van der Waals surface area (Å²) in [6.07, 6.45) is 12.9. The van der Waals surface area contributed by atoms with E-state index in [-0.39, 0.29) is 12.5 Å². The fourth-order valence-electron chi connectivity index (χ4n) is 3.60. The van der Waals surface area contributed by atoms with E-state index in [9.17, 15) is 4.79 Å². The van der Waals surface area contributed by atoms with Crippen LogP contribution >= 0.6 is 11.9 Å². The lowest BCUT2D eigenvalue weighted by Crippen LogP contribution is -2.30. The van der Waals surface area contributed by atoms with E-state index < -0.39 is 0 Å². The number of hydrazone groups is 1. The number of carbonyl (C=O) groups is 1. The lowest BCUT2D eigenvalue weighted by atomic mass is 9.87. The Morgan fingerprint density at radius 2 is 1.91 bits per heavy atom. The maximum atomic E-state index is 12.4. The first-order chi connectivity index (χ1) is 16.0. The van der Waals surface area contributed by atoms with Crippen LogP contribution in [0.15, 0.2) is 45.5 Å². The summed E-state index contributed by atoms with van der Waals surface area (Å²) in [5.74, 6) is 6.40. The molecule has 182 valence electrons. The number of rotatable bonds is 15. The van der Waals surface area contributed by atoms with Gasteiger partial charge in [-0.2, -0.15) is 5.10 Å². The quantitative estimate of drug-likeness (QED) is 0.0852. The van der Waals surface area contributed by atoms with Crippen molar-refractivity contribution in [2.75, 3.05) is 30.2 Å². The van der Waals surface area contributed by atoms with Gasteiger partial charge in [0.15, 0.2) is 0 Å². The van der Waals surface area contributed by atoms with Crippen LogP contribution in [0.3, 0.4) is 0 Å². The molecule has 1 aliphatic carbocycles. The molecule has 0 aliphatic heterocycles. The molecule has 1 amide bonds. The number of carbonyl (C=O) groups excluding carboxylic acids is 1. The predicted molar refractivity (Wildman–Crippen MR) is 145 cm³/mol. The summed E-state index contributed by atoms with van der Waals surface area (Å²) in [6, 6.07) is 7.60. The second-order valence-corrected chi connectivity index (χ2v) is 9.83. The molecule has 0 unspecified atom stereocenters. The van der Waals surface area contributed by atoms with Gasteiger partial charge in [0, 0.05) is 36.8 Å². The molecular weight excluding hydrogens is 430 g/mol. The lowest BCUT2D eigenvalue weighted by Gasteiger charge is -2.20. The van der Waals surface area contributed by atoms with Gasteiger partial charge in [-0.25, -0.2) is 0 Å². The van der Waals surface area contributed by atoms with Crippen molar-refractivity contribution in [3.63, 3.8) is 0 Å². The fraction of sp³-hybridized carbons (Fsp3) is 0.577. The van der Waals surface area contributed by atoms with E-state index in [0.29, 0.717) is 11.3 Å². The molecule has 7 heteroatoms. The molecule has 3 N–H and O–H groups in total. The number of amides is 1. The van der Waals surface area contributed by atoms with Crippen LogP contribution in [0.4, 0.5) is 5.69 Å². The minimum absolute atomic E-state index is 0.146.